The molecule has 5 aliphatic carbocycles. The molecular weight excluding hydrogens is 280 g/mol. The molecule has 22 heavy (non-hydrogen) atoms. The van der Waals surface area contributed by atoms with Crippen LogP contribution in [0.2, 0.25) is 0 Å². The third kappa shape index (κ3) is 2.59. The molecule has 5 nitrogen and oxygen atoms in total. The lowest BCUT2D eigenvalue weighted by Crippen LogP contribution is -2.59. The van der Waals surface area contributed by atoms with Crippen LogP contribution in [0.25, 0.3) is 0 Å². The number of esters is 1. The molecule has 5 saturated carbocycles. The van der Waals surface area contributed by atoms with Crippen LogP contribution >= 0.6 is 0 Å². The Morgan fingerprint density at radius 3 is 2.09 bits per heavy atom. The lowest BCUT2D eigenvalue weighted by Gasteiger charge is -2.54. The molecular formula is C17H26N2O3. The highest BCUT2D eigenvalue weighted by molar-refractivity contribution is 5.84. The lowest BCUT2D eigenvalue weighted by molar-refractivity contribution is -0.143. The number of amides is 2. The van der Waals surface area contributed by atoms with Gasteiger partial charge in [-0.1, -0.05) is 0 Å². The summed E-state index contributed by atoms with van der Waals surface area (Å²) < 4.78 is 4.82. The number of carbonyl (C=O) groups is 2. The van der Waals surface area contributed by atoms with Crippen LogP contribution in [0.15, 0.2) is 0 Å². The van der Waals surface area contributed by atoms with Crippen molar-refractivity contribution in [2.45, 2.75) is 57.0 Å². The molecule has 1 unspecified atom stereocenters. The predicted octanol–water partition coefficient (Wildman–Crippen LogP) is 2.06. The highest BCUT2D eigenvalue weighted by Crippen LogP contribution is 2.53. The molecule has 0 spiro atoms. The van der Waals surface area contributed by atoms with Crippen molar-refractivity contribution < 1.29 is 14.3 Å². The second kappa shape index (κ2) is 5.43. The minimum atomic E-state index is -0.471. The van der Waals surface area contributed by atoms with E-state index >= 15 is 0 Å². The zero-order valence-corrected chi connectivity index (χ0v) is 13.2. The molecule has 2 N–H and O–H groups in total. The van der Waals surface area contributed by atoms with Gasteiger partial charge in [0.05, 0.1) is 7.11 Å². The van der Waals surface area contributed by atoms with Gasteiger partial charge < -0.3 is 15.4 Å². The predicted molar refractivity (Wildman–Crippen MR) is 81.0 cm³/mol. The molecule has 5 aliphatic rings. The first-order valence-corrected chi connectivity index (χ1v) is 8.79. The summed E-state index contributed by atoms with van der Waals surface area (Å²) >= 11 is 0. The van der Waals surface area contributed by atoms with Crippen LogP contribution in [0.4, 0.5) is 4.79 Å². The molecule has 0 aromatic carbocycles. The maximum absolute atomic E-state index is 12.4. The molecule has 0 radical (unpaired) electrons. The molecule has 5 fully saturated rings. The Balaban J connectivity index is 1.36. The van der Waals surface area contributed by atoms with Crippen LogP contribution in [0.3, 0.4) is 0 Å². The summed E-state index contributed by atoms with van der Waals surface area (Å²) in [6.07, 6.45) is 8.53. The molecule has 0 aromatic heterocycles. The first-order valence-electron chi connectivity index (χ1n) is 8.79. The van der Waals surface area contributed by atoms with Crippen LogP contribution in [-0.4, -0.2) is 31.2 Å². The van der Waals surface area contributed by atoms with E-state index < -0.39 is 6.04 Å². The average molecular weight is 306 g/mol. The van der Waals surface area contributed by atoms with Crippen molar-refractivity contribution in [1.29, 1.82) is 0 Å². The molecule has 0 aliphatic heterocycles. The zero-order valence-electron chi connectivity index (χ0n) is 13.2. The van der Waals surface area contributed by atoms with Gasteiger partial charge in [-0.05, 0) is 74.5 Å². The van der Waals surface area contributed by atoms with E-state index in [1.165, 1.54) is 39.2 Å². The zero-order chi connectivity index (χ0) is 15.3. The number of rotatable bonds is 4. The number of hydrogen-bond acceptors (Lipinski definition) is 3. The normalized spacial score (nSPS) is 40.1. The van der Waals surface area contributed by atoms with Crippen LogP contribution in [0, 0.1) is 29.6 Å². The fourth-order valence-corrected chi connectivity index (χ4v) is 5.42. The minimum Gasteiger partial charge on any atom is -0.467 e. The summed E-state index contributed by atoms with van der Waals surface area (Å²) in [5.41, 5.74) is 0. The highest BCUT2D eigenvalue weighted by Gasteiger charge is 2.49. The monoisotopic (exact) mass is 306 g/mol. The Bertz CT molecular complexity index is 447. The van der Waals surface area contributed by atoms with Gasteiger partial charge in [0.25, 0.3) is 0 Å². The largest absolute Gasteiger partial charge is 0.467 e. The summed E-state index contributed by atoms with van der Waals surface area (Å²) in [5, 5.41) is 6.06. The van der Waals surface area contributed by atoms with E-state index in [-0.39, 0.29) is 17.9 Å². The van der Waals surface area contributed by atoms with Crippen molar-refractivity contribution in [2.75, 3.05) is 7.11 Å². The Kier molecular flexibility index (Phi) is 3.54. The Morgan fingerprint density at radius 1 is 1.00 bits per heavy atom. The van der Waals surface area contributed by atoms with Crippen molar-refractivity contribution in [2.24, 2.45) is 29.6 Å². The van der Waals surface area contributed by atoms with E-state index in [4.69, 9.17) is 4.74 Å². The first-order chi connectivity index (χ1) is 10.6. The van der Waals surface area contributed by atoms with E-state index in [0.717, 1.165) is 24.7 Å². The minimum absolute atomic E-state index is 0.181. The number of ether oxygens (including phenoxy) is 1. The van der Waals surface area contributed by atoms with E-state index in [1.807, 2.05) is 0 Å². The number of urea groups is 1. The van der Waals surface area contributed by atoms with Gasteiger partial charge in [-0.15, -0.1) is 0 Å². The summed E-state index contributed by atoms with van der Waals surface area (Å²) in [6, 6.07) is -0.341. The van der Waals surface area contributed by atoms with Gasteiger partial charge in [0, 0.05) is 6.04 Å². The van der Waals surface area contributed by atoms with Gasteiger partial charge in [0.2, 0.25) is 0 Å². The second-order valence-corrected chi connectivity index (χ2v) is 7.91. The maximum atomic E-state index is 12.4. The Morgan fingerprint density at radius 2 is 1.59 bits per heavy atom. The summed E-state index contributed by atoms with van der Waals surface area (Å²) in [7, 11) is 1.38. The second-order valence-electron chi connectivity index (χ2n) is 7.91. The fourth-order valence-electron chi connectivity index (χ4n) is 5.42. The van der Waals surface area contributed by atoms with Gasteiger partial charge in [-0.3, -0.25) is 0 Å². The van der Waals surface area contributed by atoms with Crippen LogP contribution in [-0.2, 0) is 9.53 Å². The molecule has 1 atom stereocenters. The van der Waals surface area contributed by atoms with Gasteiger partial charge in [-0.2, -0.15) is 0 Å². The topological polar surface area (TPSA) is 67.4 Å². The lowest BCUT2D eigenvalue weighted by atomic mass is 9.54. The molecule has 4 bridgehead atoms. The number of hydrogen-bond donors (Lipinski definition) is 2. The fraction of sp³-hybridized carbons (Fsp3) is 0.882. The van der Waals surface area contributed by atoms with Gasteiger partial charge in [0.15, 0.2) is 0 Å². The maximum Gasteiger partial charge on any atom is 0.328 e. The molecule has 5 heteroatoms. The van der Waals surface area contributed by atoms with Crippen LogP contribution < -0.4 is 10.6 Å². The molecule has 2 amide bonds. The summed E-state index contributed by atoms with van der Waals surface area (Å²) in [5.74, 6) is 3.05. The molecule has 0 saturated heterocycles. The van der Waals surface area contributed by atoms with E-state index in [9.17, 15) is 9.59 Å². The quantitative estimate of drug-likeness (QED) is 0.781. The van der Waals surface area contributed by atoms with Crippen molar-refractivity contribution in [3.63, 3.8) is 0 Å². The summed E-state index contributed by atoms with van der Waals surface area (Å²) in [6.45, 7) is 0. The van der Waals surface area contributed by atoms with Crippen molar-refractivity contribution in [3.8, 4) is 0 Å². The van der Waals surface area contributed by atoms with Gasteiger partial charge in [0.1, 0.15) is 6.04 Å². The van der Waals surface area contributed by atoms with Gasteiger partial charge >= 0.3 is 12.0 Å². The van der Waals surface area contributed by atoms with Crippen LogP contribution in [0.1, 0.15) is 44.9 Å². The average Bonchev–Trinajstić information content (AvgIpc) is 3.31. The first kappa shape index (κ1) is 14.3. The van der Waals surface area contributed by atoms with E-state index in [2.05, 4.69) is 10.6 Å². The van der Waals surface area contributed by atoms with E-state index in [1.54, 1.807) is 0 Å². The Hall–Kier alpha value is -1.26. The third-order valence-corrected chi connectivity index (χ3v) is 6.36. The number of carbonyl (C=O) groups excluding carboxylic acids is 2. The molecule has 122 valence electrons. The standard InChI is InChI=1S/C17H26N2O3/c1-22-16(20)15(11-2-3-11)19-17(21)18-14-12-5-9-4-10(7-12)8-13(14)6-9/h9-15H,2-8H2,1H3,(H2,18,19,21). The third-order valence-electron chi connectivity index (χ3n) is 6.36. The highest BCUT2D eigenvalue weighted by atomic mass is 16.5. The molecule has 0 aromatic rings. The summed E-state index contributed by atoms with van der Waals surface area (Å²) in [4.78, 5) is 24.2. The van der Waals surface area contributed by atoms with Gasteiger partial charge in [-0.25, -0.2) is 9.59 Å². The number of methoxy groups -OCH3 is 1. The smallest absolute Gasteiger partial charge is 0.328 e. The molecule has 0 heterocycles. The van der Waals surface area contributed by atoms with Crippen molar-refractivity contribution in [1.82, 2.24) is 10.6 Å². The van der Waals surface area contributed by atoms with Crippen molar-refractivity contribution in [3.05, 3.63) is 0 Å². The number of nitrogens with one attached hydrogen (secondary N) is 2. The van der Waals surface area contributed by atoms with Crippen molar-refractivity contribution >= 4 is 12.0 Å². The van der Waals surface area contributed by atoms with E-state index in [0.29, 0.717) is 17.9 Å². The molecule has 5 rings (SSSR count). The SMILES string of the molecule is COC(=O)C(NC(=O)NC1C2CC3CC(C2)CC1C3)C1CC1. The Labute approximate surface area is 131 Å². The van der Waals surface area contributed by atoms with Crippen LogP contribution in [0.5, 0.6) is 0 Å².